The van der Waals surface area contributed by atoms with Gasteiger partial charge >= 0.3 is 12.3 Å². The summed E-state index contributed by atoms with van der Waals surface area (Å²) in [6, 6.07) is 1.99. The number of nitrogens with one attached hydrogen (secondary N) is 1. The number of carbonyl (C=O) groups excluding carboxylic acids is 2. The Balaban J connectivity index is 2.08. The molecule has 1 aliphatic rings. The molecule has 1 atom stereocenters. The van der Waals surface area contributed by atoms with Crippen molar-refractivity contribution in [2.24, 2.45) is 4.99 Å². The molecule has 3 rings (SSSR count). The van der Waals surface area contributed by atoms with Gasteiger partial charge < -0.3 is 19.6 Å². The number of ether oxygens (including phenoxy) is 1. The summed E-state index contributed by atoms with van der Waals surface area (Å²) < 4.78 is 64.1. The molecule has 0 aliphatic carbocycles. The Labute approximate surface area is 160 Å². The predicted octanol–water partition coefficient (Wildman–Crippen LogP) is 0.900. The molecule has 1 fully saturated rings. The first-order valence-electron chi connectivity index (χ1n) is 8.35. The Morgan fingerprint density at radius 3 is 2.76 bits per heavy atom. The number of likely N-dealkylation sites (N-methyl/N-ethyl adjacent to an activating group) is 1. The second-order valence-electron chi connectivity index (χ2n) is 6.06. The molecule has 1 aromatic carbocycles. The molecule has 13 heteroatoms. The number of halogens is 4. The molecule has 29 heavy (non-hydrogen) atoms. The number of hydrogen-bond acceptors (Lipinski definition) is 6. The summed E-state index contributed by atoms with van der Waals surface area (Å²) in [6.45, 7) is -2.48. The van der Waals surface area contributed by atoms with Crippen LogP contribution in [0.5, 0.6) is 0 Å². The fourth-order valence-electron chi connectivity index (χ4n) is 2.87. The fraction of sp³-hybridized carbons (Fsp3) is 0.438. The first-order chi connectivity index (χ1) is 13.6. The van der Waals surface area contributed by atoms with Gasteiger partial charge in [-0.05, 0) is 0 Å². The Hall–Kier alpha value is -3.09. The zero-order valence-electron chi connectivity index (χ0n) is 15.0. The Bertz CT molecular complexity index is 1010. The van der Waals surface area contributed by atoms with Crippen LogP contribution in [-0.4, -0.2) is 60.7 Å². The molecule has 2 aromatic rings. The van der Waals surface area contributed by atoms with Crippen molar-refractivity contribution in [2.45, 2.75) is 18.8 Å². The third-order valence-corrected chi connectivity index (χ3v) is 4.06. The van der Waals surface area contributed by atoms with Gasteiger partial charge in [0.1, 0.15) is 12.1 Å². The molecule has 0 radical (unpaired) electrons. The molecular formula is C16H16F4N4O5. The van der Waals surface area contributed by atoms with Crippen LogP contribution >= 0.6 is 0 Å². The van der Waals surface area contributed by atoms with E-state index in [1.165, 1.54) is 7.05 Å². The van der Waals surface area contributed by atoms with E-state index in [1.807, 2.05) is 0 Å². The number of aromatic nitrogens is 1. The van der Waals surface area contributed by atoms with Crippen molar-refractivity contribution < 1.29 is 41.4 Å². The number of aliphatic hydroxyl groups is 1. The number of benzene rings is 1. The number of oxazole rings is 1. The fourth-order valence-corrected chi connectivity index (χ4v) is 2.87. The van der Waals surface area contributed by atoms with Gasteiger partial charge in [0.25, 0.3) is 11.6 Å². The number of cyclic esters (lactones) is 1. The van der Waals surface area contributed by atoms with Crippen LogP contribution in [0, 0.1) is 5.82 Å². The van der Waals surface area contributed by atoms with Gasteiger partial charge in [0.05, 0.1) is 25.4 Å². The first kappa shape index (κ1) is 20.6. The van der Waals surface area contributed by atoms with Crippen LogP contribution in [0.4, 0.5) is 28.0 Å². The quantitative estimate of drug-likeness (QED) is 0.699. The van der Waals surface area contributed by atoms with Crippen LogP contribution in [0.3, 0.4) is 0 Å². The van der Waals surface area contributed by atoms with E-state index in [9.17, 15) is 27.2 Å². The third kappa shape index (κ3) is 4.18. The molecule has 0 unspecified atom stereocenters. The summed E-state index contributed by atoms with van der Waals surface area (Å²) in [5.41, 5.74) is -1.39. The standard InChI is InChI=1S/C16H16F4N4O5/c1-21-13(26)11-6-23(15(27)29-11)8-4-9(17)12-10(5-8)28-14(22-2-3-25)24(12)7-16(18,19)20/h4-5,11,25H,2-3,6-7H2,1H3,(H,21,26)/t11-/m1/s1. The van der Waals surface area contributed by atoms with Gasteiger partial charge in [-0.25, -0.2) is 14.2 Å². The minimum Gasteiger partial charge on any atom is -0.434 e. The lowest BCUT2D eigenvalue weighted by molar-refractivity contribution is -0.141. The maximum absolute atomic E-state index is 14.7. The van der Waals surface area contributed by atoms with Crippen LogP contribution in [0.15, 0.2) is 21.5 Å². The van der Waals surface area contributed by atoms with Crippen LogP contribution < -0.4 is 15.9 Å². The number of rotatable bonds is 5. The molecule has 158 valence electrons. The highest BCUT2D eigenvalue weighted by Crippen LogP contribution is 2.29. The van der Waals surface area contributed by atoms with Crippen molar-refractivity contribution in [3.8, 4) is 0 Å². The van der Waals surface area contributed by atoms with E-state index in [4.69, 9.17) is 14.3 Å². The molecule has 1 saturated heterocycles. The van der Waals surface area contributed by atoms with Gasteiger partial charge in [0, 0.05) is 19.2 Å². The summed E-state index contributed by atoms with van der Waals surface area (Å²) in [7, 11) is 1.35. The normalized spacial score (nSPS) is 17.9. The van der Waals surface area contributed by atoms with Crippen LogP contribution in [0.25, 0.3) is 11.1 Å². The topological polar surface area (TPSA) is 109 Å². The number of fused-ring (bicyclic) bond motifs is 1. The maximum atomic E-state index is 14.7. The average Bonchev–Trinajstić information content (AvgIpc) is 3.19. The molecule has 2 heterocycles. The molecule has 2 amide bonds. The Morgan fingerprint density at radius 2 is 2.14 bits per heavy atom. The molecule has 0 bridgehead atoms. The van der Waals surface area contributed by atoms with E-state index < -0.39 is 54.5 Å². The van der Waals surface area contributed by atoms with Gasteiger partial charge in [-0.1, -0.05) is 0 Å². The van der Waals surface area contributed by atoms with Crippen LogP contribution in [-0.2, 0) is 16.1 Å². The summed E-state index contributed by atoms with van der Waals surface area (Å²) in [6.07, 6.45) is -6.72. The van der Waals surface area contributed by atoms with Crippen molar-refractivity contribution in [1.82, 2.24) is 9.88 Å². The molecule has 2 N–H and O–H groups in total. The van der Waals surface area contributed by atoms with E-state index in [1.54, 1.807) is 0 Å². The smallest absolute Gasteiger partial charge is 0.415 e. The highest BCUT2D eigenvalue weighted by Gasteiger charge is 2.37. The summed E-state index contributed by atoms with van der Waals surface area (Å²) >= 11 is 0. The summed E-state index contributed by atoms with van der Waals surface area (Å²) in [5.74, 6) is -1.65. The molecular weight excluding hydrogens is 404 g/mol. The van der Waals surface area contributed by atoms with Gasteiger partial charge in [-0.3, -0.25) is 14.3 Å². The molecule has 1 aromatic heterocycles. The van der Waals surface area contributed by atoms with E-state index in [0.717, 1.165) is 17.0 Å². The highest BCUT2D eigenvalue weighted by molar-refractivity contribution is 5.96. The Kier molecular flexibility index (Phi) is 5.50. The minimum atomic E-state index is -4.68. The lowest BCUT2D eigenvalue weighted by Crippen LogP contribution is -2.35. The third-order valence-electron chi connectivity index (χ3n) is 4.06. The lowest BCUT2D eigenvalue weighted by Gasteiger charge is -2.13. The van der Waals surface area contributed by atoms with E-state index in [-0.39, 0.29) is 24.4 Å². The van der Waals surface area contributed by atoms with Crippen molar-refractivity contribution in [2.75, 3.05) is 31.6 Å². The zero-order chi connectivity index (χ0) is 21.3. The number of aliphatic hydroxyl groups excluding tert-OH is 1. The van der Waals surface area contributed by atoms with Crippen molar-refractivity contribution in [1.29, 1.82) is 0 Å². The number of hydrogen-bond donors (Lipinski definition) is 2. The van der Waals surface area contributed by atoms with Crippen molar-refractivity contribution in [3.63, 3.8) is 0 Å². The second kappa shape index (κ2) is 7.73. The predicted molar refractivity (Wildman–Crippen MR) is 89.4 cm³/mol. The molecule has 0 saturated carbocycles. The first-order valence-corrected chi connectivity index (χ1v) is 8.35. The van der Waals surface area contributed by atoms with Gasteiger partial charge in [0.2, 0.25) is 0 Å². The maximum Gasteiger partial charge on any atom is 0.415 e. The average molecular weight is 420 g/mol. The summed E-state index contributed by atoms with van der Waals surface area (Å²) in [5, 5.41) is 11.2. The van der Waals surface area contributed by atoms with Crippen molar-refractivity contribution >= 4 is 28.8 Å². The number of carbonyl (C=O) groups is 2. The van der Waals surface area contributed by atoms with E-state index >= 15 is 0 Å². The highest BCUT2D eigenvalue weighted by atomic mass is 19.4. The second-order valence-corrected chi connectivity index (χ2v) is 6.06. The molecule has 1 aliphatic heterocycles. The zero-order valence-corrected chi connectivity index (χ0v) is 15.0. The number of amides is 2. The van der Waals surface area contributed by atoms with Gasteiger partial charge in [0.15, 0.2) is 17.5 Å². The summed E-state index contributed by atoms with van der Waals surface area (Å²) in [4.78, 5) is 28.3. The monoisotopic (exact) mass is 420 g/mol. The molecule has 0 spiro atoms. The van der Waals surface area contributed by atoms with E-state index in [2.05, 4.69) is 10.3 Å². The van der Waals surface area contributed by atoms with Crippen LogP contribution in [0.2, 0.25) is 0 Å². The number of anilines is 1. The van der Waals surface area contributed by atoms with Gasteiger partial charge in [-0.2, -0.15) is 13.2 Å². The van der Waals surface area contributed by atoms with Gasteiger partial charge in [-0.15, -0.1) is 0 Å². The van der Waals surface area contributed by atoms with Crippen LogP contribution in [0.1, 0.15) is 0 Å². The number of nitrogens with zero attached hydrogens (tertiary/aromatic N) is 3. The largest absolute Gasteiger partial charge is 0.434 e. The van der Waals surface area contributed by atoms with E-state index in [0.29, 0.717) is 4.57 Å². The lowest BCUT2D eigenvalue weighted by atomic mass is 10.2. The SMILES string of the molecule is CNC(=O)[C@H]1CN(c2cc(F)c3c(c2)oc(=NCCO)n3CC(F)(F)F)C(=O)O1. The Morgan fingerprint density at radius 1 is 1.41 bits per heavy atom. The molecule has 9 nitrogen and oxygen atoms in total. The number of alkyl halides is 3. The minimum absolute atomic E-state index is 0.0620. The van der Waals surface area contributed by atoms with Crippen molar-refractivity contribution in [3.05, 3.63) is 23.6 Å².